The highest BCUT2D eigenvalue weighted by molar-refractivity contribution is 7.12. The lowest BCUT2D eigenvalue weighted by Crippen LogP contribution is -2.14. The molecule has 0 fully saturated rings. The number of methoxy groups -OCH3 is 1. The molecule has 0 aliphatic heterocycles. The fourth-order valence-corrected chi connectivity index (χ4v) is 2.50. The third-order valence-corrected chi connectivity index (χ3v) is 3.70. The maximum atomic E-state index is 11.7. The van der Waals surface area contributed by atoms with E-state index in [2.05, 4.69) is 12.2 Å². The molecule has 1 amide bonds. The monoisotopic (exact) mass is 269 g/mol. The Balaban J connectivity index is 2.68. The van der Waals surface area contributed by atoms with Crippen molar-refractivity contribution in [3.8, 4) is 0 Å². The molecule has 0 aliphatic rings. The van der Waals surface area contributed by atoms with Crippen LogP contribution in [0.5, 0.6) is 0 Å². The van der Waals surface area contributed by atoms with E-state index in [1.807, 2.05) is 12.3 Å². The Bertz CT molecular complexity index is 426. The molecule has 0 spiro atoms. The number of rotatable bonds is 6. The summed E-state index contributed by atoms with van der Waals surface area (Å²) in [6.45, 7) is 3.96. The zero-order chi connectivity index (χ0) is 13.5. The minimum Gasteiger partial charge on any atom is -0.465 e. The highest BCUT2D eigenvalue weighted by Crippen LogP contribution is 2.28. The van der Waals surface area contributed by atoms with Crippen molar-refractivity contribution in [2.24, 2.45) is 0 Å². The van der Waals surface area contributed by atoms with E-state index in [-0.39, 0.29) is 5.91 Å². The van der Waals surface area contributed by atoms with E-state index in [1.165, 1.54) is 18.4 Å². The second-order valence-electron chi connectivity index (χ2n) is 4.12. The third kappa shape index (κ3) is 3.84. The van der Waals surface area contributed by atoms with Crippen molar-refractivity contribution in [3.05, 3.63) is 15.8 Å². The molecule has 0 saturated carbocycles. The predicted octanol–water partition coefficient (Wildman–Crippen LogP) is 3.36. The number of hydrogen-bond acceptors (Lipinski definition) is 4. The first-order valence-electron chi connectivity index (χ1n) is 6.06. The first kappa shape index (κ1) is 14.7. The van der Waals surface area contributed by atoms with Crippen molar-refractivity contribution in [1.29, 1.82) is 0 Å². The third-order valence-electron chi connectivity index (χ3n) is 2.62. The Morgan fingerprint density at radius 3 is 2.72 bits per heavy atom. The van der Waals surface area contributed by atoms with Gasteiger partial charge < -0.3 is 10.1 Å². The number of carbonyl (C=O) groups is 2. The molecule has 0 bridgehead atoms. The van der Waals surface area contributed by atoms with Crippen LogP contribution in [0.3, 0.4) is 0 Å². The van der Waals surface area contributed by atoms with Crippen molar-refractivity contribution >= 4 is 28.9 Å². The van der Waals surface area contributed by atoms with Crippen molar-refractivity contribution < 1.29 is 14.3 Å². The first-order valence-corrected chi connectivity index (χ1v) is 6.94. The minimum absolute atomic E-state index is 0.0462. The van der Waals surface area contributed by atoms with Crippen LogP contribution >= 0.6 is 11.3 Å². The SMILES string of the molecule is CCCCCC(=O)Nc1c(C)csc1C(=O)OC. The number of thiophene rings is 1. The topological polar surface area (TPSA) is 55.4 Å². The van der Waals surface area contributed by atoms with Gasteiger partial charge in [0.15, 0.2) is 0 Å². The minimum atomic E-state index is -0.406. The Morgan fingerprint density at radius 2 is 2.11 bits per heavy atom. The molecule has 100 valence electrons. The molecule has 0 aromatic carbocycles. The van der Waals surface area contributed by atoms with Gasteiger partial charge in [-0.05, 0) is 24.3 Å². The number of esters is 1. The summed E-state index contributed by atoms with van der Waals surface area (Å²) in [6.07, 6.45) is 3.49. The van der Waals surface area contributed by atoms with E-state index in [0.717, 1.165) is 24.8 Å². The fourth-order valence-electron chi connectivity index (χ4n) is 1.58. The second-order valence-corrected chi connectivity index (χ2v) is 5.00. The first-order chi connectivity index (χ1) is 8.60. The zero-order valence-electron chi connectivity index (χ0n) is 11.0. The van der Waals surface area contributed by atoms with Crippen LogP contribution in [0.15, 0.2) is 5.38 Å². The van der Waals surface area contributed by atoms with E-state index in [9.17, 15) is 9.59 Å². The molecule has 0 radical (unpaired) electrons. The van der Waals surface area contributed by atoms with E-state index in [4.69, 9.17) is 4.74 Å². The quantitative estimate of drug-likeness (QED) is 0.636. The Labute approximate surface area is 111 Å². The molecule has 18 heavy (non-hydrogen) atoms. The van der Waals surface area contributed by atoms with Crippen LogP contribution in [0.25, 0.3) is 0 Å². The van der Waals surface area contributed by atoms with Gasteiger partial charge in [0, 0.05) is 6.42 Å². The molecule has 1 N–H and O–H groups in total. The van der Waals surface area contributed by atoms with Crippen molar-refractivity contribution in [2.75, 3.05) is 12.4 Å². The lowest BCUT2D eigenvalue weighted by atomic mass is 10.2. The standard InChI is InChI=1S/C13H19NO3S/c1-4-5-6-7-10(15)14-11-9(2)8-18-12(11)13(16)17-3/h8H,4-7H2,1-3H3,(H,14,15). The second kappa shape index (κ2) is 7.16. The summed E-state index contributed by atoms with van der Waals surface area (Å²) in [6, 6.07) is 0. The van der Waals surface area contributed by atoms with Gasteiger partial charge >= 0.3 is 5.97 Å². The summed E-state index contributed by atoms with van der Waals surface area (Å²) in [4.78, 5) is 23.7. The maximum Gasteiger partial charge on any atom is 0.350 e. The lowest BCUT2D eigenvalue weighted by molar-refractivity contribution is -0.116. The molecule has 1 heterocycles. The maximum absolute atomic E-state index is 11.7. The average molecular weight is 269 g/mol. The van der Waals surface area contributed by atoms with Crippen molar-refractivity contribution in [2.45, 2.75) is 39.5 Å². The van der Waals surface area contributed by atoms with Gasteiger partial charge in [-0.3, -0.25) is 4.79 Å². The molecule has 0 unspecified atom stereocenters. The molecular formula is C13H19NO3S. The molecule has 0 aliphatic carbocycles. The van der Waals surface area contributed by atoms with Crippen molar-refractivity contribution in [1.82, 2.24) is 0 Å². The lowest BCUT2D eigenvalue weighted by Gasteiger charge is -2.07. The van der Waals surface area contributed by atoms with Crippen LogP contribution in [0.1, 0.15) is 47.8 Å². The van der Waals surface area contributed by atoms with E-state index in [0.29, 0.717) is 17.0 Å². The van der Waals surface area contributed by atoms with E-state index in [1.54, 1.807) is 0 Å². The van der Waals surface area contributed by atoms with Gasteiger partial charge in [0.25, 0.3) is 0 Å². The summed E-state index contributed by atoms with van der Waals surface area (Å²) in [5, 5.41) is 4.64. The summed E-state index contributed by atoms with van der Waals surface area (Å²) >= 11 is 1.29. The van der Waals surface area contributed by atoms with E-state index < -0.39 is 5.97 Å². The number of nitrogens with one attached hydrogen (secondary N) is 1. The van der Waals surface area contributed by atoms with Crippen LogP contribution in [0, 0.1) is 6.92 Å². The fraction of sp³-hybridized carbons (Fsp3) is 0.538. The highest BCUT2D eigenvalue weighted by atomic mass is 32.1. The van der Waals surface area contributed by atoms with Gasteiger partial charge in [-0.2, -0.15) is 0 Å². The van der Waals surface area contributed by atoms with Crippen LogP contribution in [-0.2, 0) is 9.53 Å². The zero-order valence-corrected chi connectivity index (χ0v) is 11.9. The summed E-state index contributed by atoms with van der Waals surface area (Å²) in [5.74, 6) is -0.452. The number of anilines is 1. The molecule has 1 aromatic rings. The average Bonchev–Trinajstić information content (AvgIpc) is 2.71. The largest absolute Gasteiger partial charge is 0.465 e. The molecule has 1 rings (SSSR count). The smallest absolute Gasteiger partial charge is 0.350 e. The Kier molecular flexibility index (Phi) is 5.85. The summed E-state index contributed by atoms with van der Waals surface area (Å²) < 4.78 is 4.69. The number of amides is 1. The van der Waals surface area contributed by atoms with E-state index >= 15 is 0 Å². The summed E-state index contributed by atoms with van der Waals surface area (Å²) in [5.41, 5.74) is 1.48. The van der Waals surface area contributed by atoms with Crippen LogP contribution in [0.2, 0.25) is 0 Å². The number of unbranched alkanes of at least 4 members (excludes halogenated alkanes) is 2. The molecular weight excluding hydrogens is 250 g/mol. The molecule has 0 saturated heterocycles. The van der Waals surface area contributed by atoms with Gasteiger partial charge in [0.2, 0.25) is 5.91 Å². The van der Waals surface area contributed by atoms with Gasteiger partial charge in [0.05, 0.1) is 12.8 Å². The molecule has 0 atom stereocenters. The number of ether oxygens (including phenoxy) is 1. The summed E-state index contributed by atoms with van der Waals surface area (Å²) in [7, 11) is 1.34. The van der Waals surface area contributed by atoms with Crippen LogP contribution in [-0.4, -0.2) is 19.0 Å². The normalized spacial score (nSPS) is 10.2. The van der Waals surface area contributed by atoms with Gasteiger partial charge in [-0.25, -0.2) is 4.79 Å². The Morgan fingerprint density at radius 1 is 1.39 bits per heavy atom. The number of carbonyl (C=O) groups excluding carboxylic acids is 2. The van der Waals surface area contributed by atoms with Gasteiger partial charge in [-0.1, -0.05) is 19.8 Å². The molecule has 1 aromatic heterocycles. The van der Waals surface area contributed by atoms with Gasteiger partial charge in [0.1, 0.15) is 4.88 Å². The number of aryl methyl sites for hydroxylation is 1. The molecule has 4 nitrogen and oxygen atoms in total. The van der Waals surface area contributed by atoms with Gasteiger partial charge in [-0.15, -0.1) is 11.3 Å². The van der Waals surface area contributed by atoms with Crippen molar-refractivity contribution in [3.63, 3.8) is 0 Å². The molecule has 5 heteroatoms. The Hall–Kier alpha value is -1.36. The predicted molar refractivity (Wildman–Crippen MR) is 73.2 cm³/mol. The van der Waals surface area contributed by atoms with Crippen LogP contribution < -0.4 is 5.32 Å². The van der Waals surface area contributed by atoms with Crippen LogP contribution in [0.4, 0.5) is 5.69 Å². The highest BCUT2D eigenvalue weighted by Gasteiger charge is 2.18. The number of hydrogen-bond donors (Lipinski definition) is 1.